The Morgan fingerprint density at radius 2 is 2.00 bits per heavy atom. The third-order valence-electron chi connectivity index (χ3n) is 1.57. The van der Waals surface area contributed by atoms with Crippen molar-refractivity contribution in [1.29, 1.82) is 0 Å². The lowest BCUT2D eigenvalue weighted by Crippen LogP contribution is -1.74. The van der Waals surface area contributed by atoms with E-state index < -0.39 is 0 Å². The number of nitroso groups, excluding NO2 is 1. The van der Waals surface area contributed by atoms with E-state index in [1.807, 2.05) is 12.2 Å². The van der Waals surface area contributed by atoms with E-state index in [1.165, 1.54) is 25.7 Å². The summed E-state index contributed by atoms with van der Waals surface area (Å²) in [6.45, 7) is 2.53. The standard InChI is InChI=1S/C9H17NO/c1-2-3-4-5-6-7-8-9-10-11/h7-8H,2-6,9H2,1H3/b8-7-. The number of rotatable bonds is 7. The van der Waals surface area contributed by atoms with Crippen molar-refractivity contribution >= 4 is 0 Å². The van der Waals surface area contributed by atoms with Crippen molar-refractivity contribution in [2.45, 2.75) is 39.0 Å². The highest BCUT2D eigenvalue weighted by molar-refractivity contribution is 4.83. The Morgan fingerprint density at radius 1 is 1.18 bits per heavy atom. The molecule has 0 rings (SSSR count). The van der Waals surface area contributed by atoms with Gasteiger partial charge in [-0.1, -0.05) is 43.5 Å². The minimum Gasteiger partial charge on any atom is -0.150 e. The van der Waals surface area contributed by atoms with Gasteiger partial charge in [-0.2, -0.15) is 4.91 Å². The zero-order valence-corrected chi connectivity index (χ0v) is 7.25. The minimum absolute atomic E-state index is 0.327. The highest BCUT2D eigenvalue weighted by Crippen LogP contribution is 2.02. The molecule has 0 aromatic rings. The maximum atomic E-state index is 9.64. The van der Waals surface area contributed by atoms with Crippen LogP contribution in [-0.2, 0) is 0 Å². The SMILES string of the molecule is CCCCCC/C=C\CN=O. The second kappa shape index (κ2) is 9.34. The van der Waals surface area contributed by atoms with Crippen molar-refractivity contribution in [2.24, 2.45) is 5.18 Å². The third-order valence-corrected chi connectivity index (χ3v) is 1.57. The van der Waals surface area contributed by atoms with Crippen LogP contribution >= 0.6 is 0 Å². The Bertz CT molecular complexity index is 110. The highest BCUT2D eigenvalue weighted by atomic mass is 16.3. The van der Waals surface area contributed by atoms with Gasteiger partial charge >= 0.3 is 0 Å². The second-order valence-electron chi connectivity index (χ2n) is 2.63. The van der Waals surface area contributed by atoms with E-state index in [9.17, 15) is 4.91 Å². The molecular weight excluding hydrogens is 138 g/mol. The Balaban J connectivity index is 2.94. The van der Waals surface area contributed by atoms with Crippen molar-refractivity contribution in [1.82, 2.24) is 0 Å². The topological polar surface area (TPSA) is 29.4 Å². The van der Waals surface area contributed by atoms with Gasteiger partial charge in [-0.25, -0.2) is 0 Å². The number of allylic oxidation sites excluding steroid dienone is 1. The number of unbranched alkanes of at least 4 members (excludes halogenated alkanes) is 4. The van der Waals surface area contributed by atoms with Gasteiger partial charge in [0.05, 0.1) is 6.54 Å². The number of nitrogens with zero attached hydrogens (tertiary/aromatic N) is 1. The second-order valence-corrected chi connectivity index (χ2v) is 2.63. The molecule has 0 spiro atoms. The smallest absolute Gasteiger partial charge is 0.0992 e. The molecule has 0 amide bonds. The van der Waals surface area contributed by atoms with Gasteiger partial charge in [0.1, 0.15) is 0 Å². The van der Waals surface area contributed by atoms with E-state index in [4.69, 9.17) is 0 Å². The Hall–Kier alpha value is -0.660. The average Bonchev–Trinajstić information content (AvgIpc) is 2.03. The van der Waals surface area contributed by atoms with E-state index >= 15 is 0 Å². The summed E-state index contributed by atoms with van der Waals surface area (Å²) in [4.78, 5) is 9.64. The lowest BCUT2D eigenvalue weighted by atomic mass is 10.1. The molecule has 0 fully saturated rings. The van der Waals surface area contributed by atoms with Crippen LogP contribution < -0.4 is 0 Å². The fourth-order valence-corrected chi connectivity index (χ4v) is 0.924. The van der Waals surface area contributed by atoms with Crippen molar-refractivity contribution in [2.75, 3.05) is 6.54 Å². The van der Waals surface area contributed by atoms with Crippen LogP contribution in [0.4, 0.5) is 0 Å². The lowest BCUT2D eigenvalue weighted by Gasteiger charge is -1.92. The first kappa shape index (κ1) is 10.3. The van der Waals surface area contributed by atoms with Gasteiger partial charge in [0, 0.05) is 0 Å². The lowest BCUT2D eigenvalue weighted by molar-refractivity contribution is 0.674. The molecule has 0 bridgehead atoms. The van der Waals surface area contributed by atoms with E-state index in [1.54, 1.807) is 0 Å². The summed E-state index contributed by atoms with van der Waals surface area (Å²) in [6, 6.07) is 0. The molecule has 0 N–H and O–H groups in total. The maximum absolute atomic E-state index is 9.64. The molecule has 0 aliphatic rings. The Kier molecular flexibility index (Phi) is 8.78. The van der Waals surface area contributed by atoms with Crippen molar-refractivity contribution in [3.8, 4) is 0 Å². The summed E-state index contributed by atoms with van der Waals surface area (Å²) in [6.07, 6.45) is 10.1. The summed E-state index contributed by atoms with van der Waals surface area (Å²) in [5.41, 5.74) is 0. The van der Waals surface area contributed by atoms with Crippen molar-refractivity contribution < 1.29 is 0 Å². The molecule has 0 aromatic heterocycles. The van der Waals surface area contributed by atoms with E-state index in [-0.39, 0.29) is 0 Å². The van der Waals surface area contributed by atoms with E-state index in [0.29, 0.717) is 6.54 Å². The van der Waals surface area contributed by atoms with Gasteiger partial charge in [-0.15, -0.1) is 0 Å². The predicted octanol–water partition coefficient (Wildman–Crippen LogP) is 3.28. The fourth-order valence-electron chi connectivity index (χ4n) is 0.924. The van der Waals surface area contributed by atoms with Crippen molar-refractivity contribution in [3.63, 3.8) is 0 Å². The van der Waals surface area contributed by atoms with Gasteiger partial charge in [-0.3, -0.25) is 0 Å². The summed E-state index contributed by atoms with van der Waals surface area (Å²) < 4.78 is 0. The van der Waals surface area contributed by atoms with Crippen LogP contribution in [0.1, 0.15) is 39.0 Å². The minimum atomic E-state index is 0.327. The zero-order valence-electron chi connectivity index (χ0n) is 7.25. The van der Waals surface area contributed by atoms with Gasteiger partial charge < -0.3 is 0 Å². The van der Waals surface area contributed by atoms with E-state index in [0.717, 1.165) is 6.42 Å². The summed E-state index contributed by atoms with van der Waals surface area (Å²) in [7, 11) is 0. The van der Waals surface area contributed by atoms with Crippen LogP contribution in [0.15, 0.2) is 17.3 Å². The van der Waals surface area contributed by atoms with Crippen LogP contribution in [0.2, 0.25) is 0 Å². The molecule has 11 heavy (non-hydrogen) atoms. The van der Waals surface area contributed by atoms with Crippen LogP contribution in [-0.4, -0.2) is 6.54 Å². The molecule has 0 radical (unpaired) electrons. The predicted molar refractivity (Wildman–Crippen MR) is 48.6 cm³/mol. The summed E-state index contributed by atoms with van der Waals surface area (Å²) in [5.74, 6) is 0. The molecule has 0 heterocycles. The largest absolute Gasteiger partial charge is 0.150 e. The zero-order chi connectivity index (χ0) is 8.36. The quantitative estimate of drug-likeness (QED) is 0.315. The normalized spacial score (nSPS) is 10.6. The third kappa shape index (κ3) is 9.34. The molecule has 2 heteroatoms. The first-order valence-electron chi connectivity index (χ1n) is 4.36. The van der Waals surface area contributed by atoms with E-state index in [2.05, 4.69) is 12.1 Å². The van der Waals surface area contributed by atoms with Crippen LogP contribution in [0.5, 0.6) is 0 Å². The number of hydrogen-bond donors (Lipinski definition) is 0. The van der Waals surface area contributed by atoms with Crippen LogP contribution in [0.25, 0.3) is 0 Å². The Labute approximate surface area is 68.7 Å². The van der Waals surface area contributed by atoms with Gasteiger partial charge in [-0.05, 0) is 12.8 Å². The van der Waals surface area contributed by atoms with Crippen LogP contribution in [0, 0.1) is 4.91 Å². The van der Waals surface area contributed by atoms with Gasteiger partial charge in [0.2, 0.25) is 0 Å². The highest BCUT2D eigenvalue weighted by Gasteiger charge is 1.83. The first-order valence-corrected chi connectivity index (χ1v) is 4.36. The maximum Gasteiger partial charge on any atom is 0.0992 e. The molecule has 0 aromatic carbocycles. The summed E-state index contributed by atoms with van der Waals surface area (Å²) in [5, 5.41) is 2.73. The molecule has 0 aliphatic heterocycles. The molecular formula is C9H17NO. The molecule has 0 unspecified atom stereocenters. The molecule has 64 valence electrons. The average molecular weight is 155 g/mol. The van der Waals surface area contributed by atoms with Gasteiger partial charge in [0.15, 0.2) is 0 Å². The van der Waals surface area contributed by atoms with Crippen molar-refractivity contribution in [3.05, 3.63) is 17.1 Å². The number of hydrogen-bond acceptors (Lipinski definition) is 2. The molecule has 0 saturated carbocycles. The molecule has 0 saturated heterocycles. The molecule has 2 nitrogen and oxygen atoms in total. The first-order chi connectivity index (χ1) is 5.41. The van der Waals surface area contributed by atoms with Crippen LogP contribution in [0.3, 0.4) is 0 Å². The Morgan fingerprint density at radius 3 is 2.64 bits per heavy atom. The molecule has 0 aliphatic carbocycles. The monoisotopic (exact) mass is 155 g/mol. The molecule has 0 atom stereocenters. The summed E-state index contributed by atoms with van der Waals surface area (Å²) >= 11 is 0. The van der Waals surface area contributed by atoms with Gasteiger partial charge in [0.25, 0.3) is 0 Å². The fraction of sp³-hybridized carbons (Fsp3) is 0.778.